The highest BCUT2D eigenvalue weighted by molar-refractivity contribution is 6.15. The van der Waals surface area contributed by atoms with Gasteiger partial charge in [-0.05, 0) is 51.3 Å². The van der Waals surface area contributed by atoms with Crippen molar-refractivity contribution in [3.05, 3.63) is 75.8 Å². The summed E-state index contributed by atoms with van der Waals surface area (Å²) in [5.41, 5.74) is 7.89. The van der Waals surface area contributed by atoms with Crippen LogP contribution in [0.25, 0.3) is 10.8 Å². The van der Waals surface area contributed by atoms with Crippen LogP contribution in [0.3, 0.4) is 0 Å². The van der Waals surface area contributed by atoms with Gasteiger partial charge in [0.25, 0.3) is 0 Å². The minimum atomic E-state index is -0.0478. The molecule has 0 aliphatic carbocycles. The molecule has 0 saturated carbocycles. The molecule has 0 bridgehead atoms. The van der Waals surface area contributed by atoms with Crippen molar-refractivity contribution < 1.29 is 9.37 Å². The molecular formula is C32H40NO+. The summed E-state index contributed by atoms with van der Waals surface area (Å²) in [7, 11) is 0. The molecule has 4 rings (SSSR count). The summed E-state index contributed by atoms with van der Waals surface area (Å²) in [6.45, 7) is 22.3. The second kappa shape index (κ2) is 8.18. The highest BCUT2D eigenvalue weighted by atomic mass is 16.2. The number of hydrogen-bond donors (Lipinski definition) is 0. The standard InChI is InChI=1S/C32H40NO/c1-19(2)25-12-11-13-26(20(3)4)29(25)33-18-22-16-23(31(5,6)7)14-21-15-24(32(8,9)10)17-27(28(21)22)30(33)34/h11-20H,1-10H3/q+1. The van der Waals surface area contributed by atoms with Crippen LogP contribution in [0.1, 0.15) is 119 Å². The molecule has 3 aromatic carbocycles. The number of rotatable bonds is 3. The van der Waals surface area contributed by atoms with Gasteiger partial charge in [-0.25, -0.2) is 4.79 Å². The lowest BCUT2D eigenvalue weighted by Crippen LogP contribution is -2.26. The highest BCUT2D eigenvalue weighted by Gasteiger charge is 2.36. The van der Waals surface area contributed by atoms with Gasteiger partial charge in [-0.15, -0.1) is 4.58 Å². The van der Waals surface area contributed by atoms with E-state index in [2.05, 4.69) is 118 Å². The van der Waals surface area contributed by atoms with Gasteiger partial charge < -0.3 is 0 Å². The van der Waals surface area contributed by atoms with E-state index >= 15 is 0 Å². The minimum absolute atomic E-state index is 0.0155. The van der Waals surface area contributed by atoms with E-state index < -0.39 is 0 Å². The average molecular weight is 455 g/mol. The molecule has 1 aliphatic heterocycles. The second-order valence-corrected chi connectivity index (χ2v) is 12.6. The number of nitrogens with zero attached hydrogens (tertiary/aromatic N) is 1. The SMILES string of the molecule is CC(C)c1cccc(C(C)C)c1[N+]1=Cc2cc(C(C)(C)C)cc3cc(C(C)(C)C)cc(c23)C1=O. The number of hydrogen-bond acceptors (Lipinski definition) is 1. The Kier molecular flexibility index (Phi) is 5.87. The Bertz CT molecular complexity index is 1290. The number of para-hydroxylation sites is 1. The molecule has 2 heteroatoms. The van der Waals surface area contributed by atoms with Crippen LogP contribution in [0, 0.1) is 0 Å². The maximum absolute atomic E-state index is 14.2. The third-order valence-corrected chi connectivity index (χ3v) is 7.11. The van der Waals surface area contributed by atoms with Crippen molar-refractivity contribution in [1.29, 1.82) is 0 Å². The summed E-state index contributed by atoms with van der Waals surface area (Å²) in [6, 6.07) is 15.5. The van der Waals surface area contributed by atoms with Crippen molar-refractivity contribution in [1.82, 2.24) is 0 Å². The molecule has 1 heterocycles. The molecule has 1 aliphatic rings. The summed E-state index contributed by atoms with van der Waals surface area (Å²) < 4.78 is 1.95. The van der Waals surface area contributed by atoms with Gasteiger partial charge in [-0.2, -0.15) is 0 Å². The molecule has 0 spiro atoms. The Morgan fingerprint density at radius 1 is 0.735 bits per heavy atom. The first-order valence-corrected chi connectivity index (χ1v) is 12.6. The van der Waals surface area contributed by atoms with E-state index in [0.717, 1.165) is 27.6 Å². The first kappa shape index (κ1) is 24.4. The molecule has 0 radical (unpaired) electrons. The topological polar surface area (TPSA) is 20.1 Å². The highest BCUT2D eigenvalue weighted by Crippen LogP contribution is 2.40. The van der Waals surface area contributed by atoms with Crippen LogP contribution < -0.4 is 0 Å². The largest absolute Gasteiger partial charge is 0.425 e. The van der Waals surface area contributed by atoms with Crippen molar-refractivity contribution >= 4 is 28.6 Å². The quantitative estimate of drug-likeness (QED) is 0.363. The Morgan fingerprint density at radius 2 is 1.24 bits per heavy atom. The van der Waals surface area contributed by atoms with Crippen LogP contribution in [-0.2, 0) is 10.8 Å². The fourth-order valence-corrected chi connectivity index (χ4v) is 4.97. The van der Waals surface area contributed by atoms with Crippen LogP contribution in [0.15, 0.2) is 42.5 Å². The Morgan fingerprint density at radius 3 is 1.71 bits per heavy atom. The maximum Gasteiger partial charge on any atom is 0.425 e. The molecule has 0 unspecified atom stereocenters. The maximum atomic E-state index is 14.2. The Labute approximate surface area is 205 Å². The first-order chi connectivity index (χ1) is 15.7. The van der Waals surface area contributed by atoms with Crippen molar-refractivity contribution in [3.63, 3.8) is 0 Å². The van der Waals surface area contributed by atoms with E-state index in [1.54, 1.807) is 0 Å². The van der Waals surface area contributed by atoms with Crippen LogP contribution in [-0.4, -0.2) is 16.7 Å². The van der Waals surface area contributed by atoms with E-state index in [9.17, 15) is 4.79 Å². The van der Waals surface area contributed by atoms with Gasteiger partial charge in [-0.1, -0.05) is 99.6 Å². The Balaban J connectivity index is 2.12. The molecule has 0 atom stereocenters. The van der Waals surface area contributed by atoms with Crippen molar-refractivity contribution in [2.45, 2.75) is 91.9 Å². The number of carbonyl (C=O) groups excluding carboxylic acids is 1. The molecule has 1 amide bonds. The van der Waals surface area contributed by atoms with Gasteiger partial charge in [0.05, 0.1) is 5.56 Å². The fourth-order valence-electron chi connectivity index (χ4n) is 4.97. The normalized spacial score (nSPS) is 14.4. The van der Waals surface area contributed by atoms with Gasteiger partial charge >= 0.3 is 5.91 Å². The number of carbonyl (C=O) groups is 1. The molecule has 34 heavy (non-hydrogen) atoms. The summed E-state index contributed by atoms with van der Waals surface area (Å²) in [5, 5.41) is 2.24. The van der Waals surface area contributed by atoms with Crippen LogP contribution in [0.5, 0.6) is 0 Å². The molecule has 2 nitrogen and oxygen atoms in total. The average Bonchev–Trinajstić information content (AvgIpc) is 2.73. The Hall–Kier alpha value is -2.74. The van der Waals surface area contributed by atoms with Crippen LogP contribution in [0.4, 0.5) is 5.69 Å². The van der Waals surface area contributed by atoms with Gasteiger partial charge in [0.15, 0.2) is 6.21 Å². The molecule has 3 aromatic rings. The molecule has 0 fully saturated rings. The zero-order valence-electron chi connectivity index (χ0n) is 22.6. The van der Waals surface area contributed by atoms with Crippen molar-refractivity contribution in [3.8, 4) is 0 Å². The van der Waals surface area contributed by atoms with E-state index in [-0.39, 0.29) is 16.7 Å². The van der Waals surface area contributed by atoms with Gasteiger partial charge in [0.2, 0.25) is 5.69 Å². The molecular weight excluding hydrogens is 414 g/mol. The number of amides is 1. The lowest BCUT2D eigenvalue weighted by molar-refractivity contribution is -0.331. The summed E-state index contributed by atoms with van der Waals surface area (Å²) in [4.78, 5) is 14.2. The second-order valence-electron chi connectivity index (χ2n) is 12.6. The van der Waals surface area contributed by atoms with E-state index in [1.165, 1.54) is 22.3 Å². The third-order valence-electron chi connectivity index (χ3n) is 7.11. The summed E-state index contributed by atoms with van der Waals surface area (Å²) >= 11 is 0. The first-order valence-electron chi connectivity index (χ1n) is 12.6. The summed E-state index contributed by atoms with van der Waals surface area (Å²) in [5.74, 6) is 0.707. The van der Waals surface area contributed by atoms with E-state index in [4.69, 9.17) is 0 Å². The van der Waals surface area contributed by atoms with Gasteiger partial charge in [0.1, 0.15) is 0 Å². The molecule has 0 N–H and O–H groups in total. The lowest BCUT2D eigenvalue weighted by Gasteiger charge is -2.25. The van der Waals surface area contributed by atoms with Crippen LogP contribution >= 0.6 is 0 Å². The third kappa shape index (κ3) is 4.13. The zero-order valence-corrected chi connectivity index (χ0v) is 22.6. The van der Waals surface area contributed by atoms with E-state index in [1.807, 2.05) is 4.58 Å². The molecule has 178 valence electrons. The van der Waals surface area contributed by atoms with Crippen molar-refractivity contribution in [2.75, 3.05) is 0 Å². The predicted octanol–water partition coefficient (Wildman–Crippen LogP) is 8.60. The molecule has 0 aromatic heterocycles. The monoisotopic (exact) mass is 454 g/mol. The summed E-state index contributed by atoms with van der Waals surface area (Å²) in [6.07, 6.45) is 2.09. The minimum Gasteiger partial charge on any atom is -0.214 e. The smallest absolute Gasteiger partial charge is 0.214 e. The van der Waals surface area contributed by atoms with E-state index in [0.29, 0.717) is 11.8 Å². The zero-order chi connectivity index (χ0) is 25.2. The number of benzene rings is 3. The molecule has 0 saturated heterocycles. The fraction of sp³-hybridized carbons (Fsp3) is 0.438. The lowest BCUT2D eigenvalue weighted by atomic mass is 9.79. The van der Waals surface area contributed by atoms with Gasteiger partial charge in [0, 0.05) is 22.1 Å². The predicted molar refractivity (Wildman–Crippen MR) is 145 cm³/mol. The van der Waals surface area contributed by atoms with Gasteiger partial charge in [-0.3, -0.25) is 0 Å². The van der Waals surface area contributed by atoms with Crippen molar-refractivity contribution in [2.24, 2.45) is 0 Å². The van der Waals surface area contributed by atoms with Crippen LogP contribution in [0.2, 0.25) is 0 Å².